The van der Waals surface area contributed by atoms with E-state index in [2.05, 4.69) is 5.32 Å². The van der Waals surface area contributed by atoms with Crippen molar-refractivity contribution in [2.24, 2.45) is 0 Å². The molecule has 0 radical (unpaired) electrons. The summed E-state index contributed by atoms with van der Waals surface area (Å²) in [5.41, 5.74) is 1.47. The molecule has 0 aromatic heterocycles. The van der Waals surface area contributed by atoms with Crippen molar-refractivity contribution >= 4 is 35.6 Å². The van der Waals surface area contributed by atoms with Crippen LogP contribution in [0.3, 0.4) is 0 Å². The maximum Gasteiger partial charge on any atom is 0.344 e. The maximum absolute atomic E-state index is 13.0. The Morgan fingerprint density at radius 1 is 1.07 bits per heavy atom. The second kappa shape index (κ2) is 9.04. The first-order valence-corrected chi connectivity index (χ1v) is 9.26. The standard InChI is InChI=1S/C22H20N2O6/c1-3-29-19(25)13-30-18-7-5-4-6-15(18)12-17-20(26)23-22(28)24(21(17)27)16-10-8-14(2)9-11-16/h4-12H,3,13H2,1-2H3,(H,23,26,28)/b17-12-. The number of esters is 1. The Bertz CT molecular complexity index is 1030. The summed E-state index contributed by atoms with van der Waals surface area (Å²) in [5.74, 6) is -1.82. The van der Waals surface area contributed by atoms with Crippen LogP contribution in [0.5, 0.6) is 5.75 Å². The molecule has 4 amide bonds. The zero-order valence-corrected chi connectivity index (χ0v) is 16.5. The summed E-state index contributed by atoms with van der Waals surface area (Å²) in [5, 5.41) is 2.17. The summed E-state index contributed by atoms with van der Waals surface area (Å²) in [7, 11) is 0. The Hall–Kier alpha value is -3.94. The van der Waals surface area contributed by atoms with Crippen molar-refractivity contribution in [1.82, 2.24) is 5.32 Å². The molecule has 1 saturated heterocycles. The lowest BCUT2D eigenvalue weighted by molar-refractivity contribution is -0.145. The van der Waals surface area contributed by atoms with Gasteiger partial charge in [-0.3, -0.25) is 14.9 Å². The van der Waals surface area contributed by atoms with Gasteiger partial charge in [-0.15, -0.1) is 0 Å². The average molecular weight is 408 g/mol. The Morgan fingerprint density at radius 3 is 2.47 bits per heavy atom. The number of amides is 4. The molecule has 1 heterocycles. The number of aryl methyl sites for hydroxylation is 1. The minimum absolute atomic E-state index is 0.228. The van der Waals surface area contributed by atoms with Crippen LogP contribution >= 0.6 is 0 Å². The van der Waals surface area contributed by atoms with E-state index < -0.39 is 23.8 Å². The molecule has 1 aliphatic heterocycles. The third kappa shape index (κ3) is 4.54. The fourth-order valence-corrected chi connectivity index (χ4v) is 2.81. The van der Waals surface area contributed by atoms with Crippen molar-refractivity contribution in [3.05, 3.63) is 65.2 Å². The fraction of sp³-hybridized carbons (Fsp3) is 0.182. The van der Waals surface area contributed by atoms with Crippen molar-refractivity contribution in [2.45, 2.75) is 13.8 Å². The van der Waals surface area contributed by atoms with Gasteiger partial charge in [-0.1, -0.05) is 35.9 Å². The van der Waals surface area contributed by atoms with Crippen LogP contribution in [0.1, 0.15) is 18.1 Å². The van der Waals surface area contributed by atoms with Gasteiger partial charge in [0.1, 0.15) is 11.3 Å². The quantitative estimate of drug-likeness (QED) is 0.448. The molecule has 2 aromatic rings. The summed E-state index contributed by atoms with van der Waals surface area (Å²) in [6, 6.07) is 12.5. The first-order chi connectivity index (χ1) is 14.4. The number of benzene rings is 2. The number of nitrogens with one attached hydrogen (secondary N) is 1. The Kier molecular flexibility index (Phi) is 6.26. The first kappa shape index (κ1) is 20.8. The summed E-state index contributed by atoms with van der Waals surface area (Å²) in [6.07, 6.45) is 1.33. The van der Waals surface area contributed by atoms with E-state index in [1.807, 2.05) is 6.92 Å². The predicted octanol–water partition coefficient (Wildman–Crippen LogP) is 2.60. The SMILES string of the molecule is CCOC(=O)COc1ccccc1/C=C1/C(=O)NC(=O)N(c2ccc(C)cc2)C1=O. The predicted molar refractivity (Wildman–Crippen MR) is 109 cm³/mol. The van der Waals surface area contributed by atoms with Crippen molar-refractivity contribution in [3.63, 3.8) is 0 Å². The van der Waals surface area contributed by atoms with E-state index in [1.54, 1.807) is 55.5 Å². The highest BCUT2D eigenvalue weighted by atomic mass is 16.6. The van der Waals surface area contributed by atoms with E-state index in [0.29, 0.717) is 11.3 Å². The molecular formula is C22H20N2O6. The Morgan fingerprint density at radius 2 is 1.77 bits per heavy atom. The number of anilines is 1. The van der Waals surface area contributed by atoms with E-state index in [9.17, 15) is 19.2 Å². The fourth-order valence-electron chi connectivity index (χ4n) is 2.81. The average Bonchev–Trinajstić information content (AvgIpc) is 2.72. The van der Waals surface area contributed by atoms with Crippen LogP contribution in [0.15, 0.2) is 54.1 Å². The van der Waals surface area contributed by atoms with Gasteiger partial charge in [-0.05, 0) is 38.1 Å². The van der Waals surface area contributed by atoms with E-state index in [0.717, 1.165) is 10.5 Å². The van der Waals surface area contributed by atoms with Gasteiger partial charge in [0.2, 0.25) is 0 Å². The molecule has 0 spiro atoms. The molecule has 8 heteroatoms. The van der Waals surface area contributed by atoms with E-state index in [1.165, 1.54) is 6.08 Å². The minimum atomic E-state index is -0.821. The first-order valence-electron chi connectivity index (χ1n) is 9.26. The molecule has 0 unspecified atom stereocenters. The van der Waals surface area contributed by atoms with Crippen LogP contribution in [-0.2, 0) is 19.1 Å². The monoisotopic (exact) mass is 408 g/mol. The van der Waals surface area contributed by atoms with Gasteiger partial charge in [0.05, 0.1) is 12.3 Å². The highest BCUT2D eigenvalue weighted by Crippen LogP contribution is 2.25. The lowest BCUT2D eigenvalue weighted by atomic mass is 10.1. The third-order valence-corrected chi connectivity index (χ3v) is 4.26. The molecule has 1 N–H and O–H groups in total. The smallest absolute Gasteiger partial charge is 0.344 e. The maximum atomic E-state index is 13.0. The lowest BCUT2D eigenvalue weighted by Gasteiger charge is -2.26. The highest BCUT2D eigenvalue weighted by Gasteiger charge is 2.36. The molecule has 3 rings (SSSR count). The van der Waals surface area contributed by atoms with E-state index >= 15 is 0 Å². The van der Waals surface area contributed by atoms with Gasteiger partial charge in [0, 0.05) is 5.56 Å². The summed E-state index contributed by atoms with van der Waals surface area (Å²) < 4.78 is 10.3. The van der Waals surface area contributed by atoms with Gasteiger partial charge in [0.15, 0.2) is 6.61 Å². The number of para-hydroxylation sites is 1. The topological polar surface area (TPSA) is 102 Å². The number of hydrogen-bond acceptors (Lipinski definition) is 6. The van der Waals surface area contributed by atoms with Crippen LogP contribution in [0.4, 0.5) is 10.5 Å². The second-order valence-electron chi connectivity index (χ2n) is 6.42. The van der Waals surface area contributed by atoms with Crippen LogP contribution in [-0.4, -0.2) is 37.0 Å². The van der Waals surface area contributed by atoms with Crippen molar-refractivity contribution < 1.29 is 28.7 Å². The number of rotatable bonds is 6. The number of barbiturate groups is 1. The summed E-state index contributed by atoms with van der Waals surface area (Å²) >= 11 is 0. The number of carbonyl (C=O) groups is 4. The highest BCUT2D eigenvalue weighted by molar-refractivity contribution is 6.39. The number of imide groups is 2. The zero-order valence-electron chi connectivity index (χ0n) is 16.5. The second-order valence-corrected chi connectivity index (χ2v) is 6.42. The Balaban J connectivity index is 1.91. The number of carbonyl (C=O) groups excluding carboxylic acids is 4. The normalized spacial score (nSPS) is 15.2. The van der Waals surface area contributed by atoms with Crippen LogP contribution in [0.25, 0.3) is 6.08 Å². The summed E-state index contributed by atoms with van der Waals surface area (Å²) in [6.45, 7) is 3.47. The lowest BCUT2D eigenvalue weighted by Crippen LogP contribution is -2.54. The molecule has 1 fully saturated rings. The van der Waals surface area contributed by atoms with Gasteiger partial charge in [0.25, 0.3) is 11.8 Å². The van der Waals surface area contributed by atoms with Gasteiger partial charge in [-0.2, -0.15) is 0 Å². The van der Waals surface area contributed by atoms with E-state index in [4.69, 9.17) is 9.47 Å². The van der Waals surface area contributed by atoms with Crippen LogP contribution < -0.4 is 15.0 Å². The van der Waals surface area contributed by atoms with E-state index in [-0.39, 0.29) is 24.5 Å². The number of hydrogen-bond donors (Lipinski definition) is 1. The van der Waals surface area contributed by atoms with Crippen molar-refractivity contribution in [1.29, 1.82) is 0 Å². The molecule has 8 nitrogen and oxygen atoms in total. The molecule has 154 valence electrons. The molecule has 0 aliphatic carbocycles. The molecule has 0 bridgehead atoms. The summed E-state index contributed by atoms with van der Waals surface area (Å²) in [4.78, 5) is 50.0. The van der Waals surface area contributed by atoms with Gasteiger partial charge >= 0.3 is 12.0 Å². The molecule has 1 aliphatic rings. The molecule has 0 saturated carbocycles. The molecule has 30 heavy (non-hydrogen) atoms. The zero-order chi connectivity index (χ0) is 21.7. The minimum Gasteiger partial charge on any atom is -0.481 e. The number of ether oxygens (including phenoxy) is 2. The number of nitrogens with zero attached hydrogens (tertiary/aromatic N) is 1. The Labute approximate surface area is 173 Å². The van der Waals surface area contributed by atoms with Crippen molar-refractivity contribution in [2.75, 3.05) is 18.1 Å². The van der Waals surface area contributed by atoms with Gasteiger partial charge < -0.3 is 9.47 Å². The number of urea groups is 1. The molecule has 2 aromatic carbocycles. The van der Waals surface area contributed by atoms with Crippen molar-refractivity contribution in [3.8, 4) is 5.75 Å². The molecule has 0 atom stereocenters. The van der Waals surface area contributed by atoms with Gasteiger partial charge in [-0.25, -0.2) is 14.5 Å². The third-order valence-electron chi connectivity index (χ3n) is 4.26. The van der Waals surface area contributed by atoms with Crippen LogP contribution in [0, 0.1) is 6.92 Å². The largest absolute Gasteiger partial charge is 0.481 e. The molecular weight excluding hydrogens is 388 g/mol. The van der Waals surface area contributed by atoms with Crippen LogP contribution in [0.2, 0.25) is 0 Å².